The number of halogens is 2. The summed E-state index contributed by atoms with van der Waals surface area (Å²) >= 11 is 1.97. The third-order valence-electron chi connectivity index (χ3n) is 1.33. The fraction of sp³-hybridized carbons (Fsp3) is 0.333. The maximum Gasteiger partial charge on any atom is 0.242 e. The molecule has 0 aromatic heterocycles. The van der Waals surface area contributed by atoms with E-state index in [0.717, 1.165) is 0 Å². The summed E-state index contributed by atoms with van der Waals surface area (Å²) in [5.74, 6) is 0.455. The molecule has 0 aliphatic carbocycles. The molecule has 0 amide bonds. The Kier molecular flexibility index (Phi) is 3.34. The Morgan fingerprint density at radius 3 is 2.46 bits per heavy atom. The number of hydrogen-bond acceptors (Lipinski definition) is 1. The van der Waals surface area contributed by atoms with Crippen LogP contribution in [0.5, 0.6) is 5.75 Å². The molecule has 1 nitrogen and oxygen atoms in total. The van der Waals surface area contributed by atoms with Crippen molar-refractivity contribution in [3.63, 3.8) is 0 Å². The van der Waals surface area contributed by atoms with Crippen LogP contribution in [0.2, 0.25) is 19.6 Å². The van der Waals surface area contributed by atoms with Gasteiger partial charge in [-0.25, -0.2) is 4.39 Å². The maximum atomic E-state index is 13.1. The van der Waals surface area contributed by atoms with Crippen molar-refractivity contribution in [2.75, 3.05) is 0 Å². The van der Waals surface area contributed by atoms with Crippen LogP contribution in [0.1, 0.15) is 0 Å². The third-order valence-corrected chi connectivity index (χ3v) is 3.21. The van der Waals surface area contributed by atoms with E-state index in [1.807, 2.05) is 28.7 Å². The van der Waals surface area contributed by atoms with E-state index in [1.54, 1.807) is 6.07 Å². The SMILES string of the molecule is C[Si](C)(C)Oc1cccc(F)c1I. The molecule has 0 saturated heterocycles. The minimum Gasteiger partial charge on any atom is -0.544 e. The summed E-state index contributed by atoms with van der Waals surface area (Å²) in [6.45, 7) is 6.23. The van der Waals surface area contributed by atoms with Crippen LogP contribution in [-0.4, -0.2) is 8.32 Å². The van der Waals surface area contributed by atoms with Crippen molar-refractivity contribution < 1.29 is 8.82 Å². The van der Waals surface area contributed by atoms with Crippen LogP contribution in [0.15, 0.2) is 18.2 Å². The molecule has 72 valence electrons. The zero-order chi connectivity index (χ0) is 10.1. The second-order valence-corrected chi connectivity index (χ2v) is 9.27. The molecular weight excluding hydrogens is 298 g/mol. The quantitative estimate of drug-likeness (QED) is 0.598. The summed E-state index contributed by atoms with van der Waals surface area (Å²) in [6.07, 6.45) is 0. The zero-order valence-electron chi connectivity index (χ0n) is 7.90. The summed E-state index contributed by atoms with van der Waals surface area (Å²) in [4.78, 5) is 0. The molecule has 4 heteroatoms. The predicted molar refractivity (Wildman–Crippen MR) is 63.1 cm³/mol. The fourth-order valence-corrected chi connectivity index (χ4v) is 2.40. The van der Waals surface area contributed by atoms with Crippen LogP contribution in [0, 0.1) is 9.39 Å². The van der Waals surface area contributed by atoms with Gasteiger partial charge < -0.3 is 4.43 Å². The zero-order valence-corrected chi connectivity index (χ0v) is 11.1. The lowest BCUT2D eigenvalue weighted by atomic mass is 10.3. The van der Waals surface area contributed by atoms with E-state index in [9.17, 15) is 4.39 Å². The normalized spacial score (nSPS) is 11.5. The standard InChI is InChI=1S/C9H12FIOSi/c1-13(2,3)12-8-6-4-5-7(10)9(8)11/h4-6H,1-3H3. The van der Waals surface area contributed by atoms with Crippen LogP contribution in [0.4, 0.5) is 4.39 Å². The second-order valence-electron chi connectivity index (χ2n) is 3.77. The van der Waals surface area contributed by atoms with Gasteiger partial charge in [0.1, 0.15) is 11.6 Å². The van der Waals surface area contributed by atoms with Gasteiger partial charge >= 0.3 is 0 Å². The number of benzene rings is 1. The summed E-state index contributed by atoms with van der Waals surface area (Å²) in [5, 5.41) is 0. The van der Waals surface area contributed by atoms with Crippen LogP contribution in [0.3, 0.4) is 0 Å². The molecule has 13 heavy (non-hydrogen) atoms. The van der Waals surface area contributed by atoms with Gasteiger partial charge in [0, 0.05) is 0 Å². The molecule has 0 fully saturated rings. The van der Waals surface area contributed by atoms with Gasteiger partial charge in [0.05, 0.1) is 3.57 Å². The van der Waals surface area contributed by atoms with E-state index in [0.29, 0.717) is 9.32 Å². The Morgan fingerprint density at radius 1 is 1.31 bits per heavy atom. The van der Waals surface area contributed by atoms with Crippen LogP contribution < -0.4 is 4.43 Å². The van der Waals surface area contributed by atoms with E-state index in [4.69, 9.17) is 4.43 Å². The highest BCUT2D eigenvalue weighted by molar-refractivity contribution is 14.1. The fourth-order valence-electron chi connectivity index (χ4n) is 0.893. The Hall–Kier alpha value is -0.103. The average molecular weight is 310 g/mol. The van der Waals surface area contributed by atoms with E-state index in [1.165, 1.54) is 6.07 Å². The molecule has 1 aromatic rings. The van der Waals surface area contributed by atoms with Gasteiger partial charge in [-0.1, -0.05) is 6.07 Å². The Bertz CT molecular complexity index is 309. The molecule has 0 atom stereocenters. The molecule has 0 aliphatic heterocycles. The number of rotatable bonds is 2. The van der Waals surface area contributed by atoms with Gasteiger partial charge in [-0.2, -0.15) is 0 Å². The van der Waals surface area contributed by atoms with Gasteiger partial charge in [0.15, 0.2) is 0 Å². The van der Waals surface area contributed by atoms with Gasteiger partial charge in [0.25, 0.3) is 0 Å². The molecule has 0 bridgehead atoms. The topological polar surface area (TPSA) is 9.23 Å². The Morgan fingerprint density at radius 2 is 1.92 bits per heavy atom. The average Bonchev–Trinajstić information content (AvgIpc) is 1.96. The van der Waals surface area contributed by atoms with Gasteiger partial charge in [0.2, 0.25) is 8.32 Å². The molecule has 0 radical (unpaired) electrons. The summed E-state index contributed by atoms with van der Waals surface area (Å²) in [5.41, 5.74) is 0. The first-order valence-electron chi connectivity index (χ1n) is 4.03. The highest BCUT2D eigenvalue weighted by atomic mass is 127. The Labute approximate surface area is 92.6 Å². The van der Waals surface area contributed by atoms with E-state index < -0.39 is 8.32 Å². The first kappa shape index (κ1) is 11.0. The number of hydrogen-bond donors (Lipinski definition) is 0. The van der Waals surface area contributed by atoms with Crippen LogP contribution >= 0.6 is 22.6 Å². The molecule has 0 aliphatic rings. The minimum absolute atomic E-state index is 0.212. The van der Waals surface area contributed by atoms with Crippen molar-refractivity contribution in [2.45, 2.75) is 19.6 Å². The molecule has 0 N–H and O–H groups in total. The third kappa shape index (κ3) is 3.26. The highest BCUT2D eigenvalue weighted by Gasteiger charge is 2.18. The smallest absolute Gasteiger partial charge is 0.242 e. The first-order chi connectivity index (χ1) is 5.90. The minimum atomic E-state index is -1.62. The lowest BCUT2D eigenvalue weighted by Crippen LogP contribution is -2.29. The summed E-state index contributed by atoms with van der Waals surface area (Å²) < 4.78 is 19.4. The van der Waals surface area contributed by atoms with Gasteiger partial charge in [-0.05, 0) is 54.4 Å². The molecule has 1 aromatic carbocycles. The van der Waals surface area contributed by atoms with Crippen LogP contribution in [0.25, 0.3) is 0 Å². The van der Waals surface area contributed by atoms with Gasteiger partial charge in [-0.3, -0.25) is 0 Å². The summed E-state index contributed by atoms with van der Waals surface area (Å²) in [7, 11) is -1.62. The second kappa shape index (κ2) is 3.96. The molecule has 0 saturated carbocycles. The largest absolute Gasteiger partial charge is 0.544 e. The first-order valence-corrected chi connectivity index (χ1v) is 8.52. The maximum absolute atomic E-state index is 13.1. The molecule has 0 heterocycles. The van der Waals surface area contributed by atoms with E-state index in [2.05, 4.69) is 19.6 Å². The molecule has 0 spiro atoms. The lowest BCUT2D eigenvalue weighted by Gasteiger charge is -2.20. The van der Waals surface area contributed by atoms with Gasteiger partial charge in [-0.15, -0.1) is 0 Å². The molecule has 0 unspecified atom stereocenters. The van der Waals surface area contributed by atoms with Crippen molar-refractivity contribution >= 4 is 30.9 Å². The monoisotopic (exact) mass is 310 g/mol. The van der Waals surface area contributed by atoms with Crippen molar-refractivity contribution in [2.24, 2.45) is 0 Å². The molecule has 1 rings (SSSR count). The summed E-state index contributed by atoms with van der Waals surface area (Å²) in [6, 6.07) is 4.93. The van der Waals surface area contributed by atoms with Crippen molar-refractivity contribution in [3.8, 4) is 5.75 Å². The van der Waals surface area contributed by atoms with Crippen LogP contribution in [-0.2, 0) is 0 Å². The van der Waals surface area contributed by atoms with E-state index in [-0.39, 0.29) is 5.82 Å². The highest BCUT2D eigenvalue weighted by Crippen LogP contribution is 2.25. The molecular formula is C9H12FIOSi. The van der Waals surface area contributed by atoms with Crippen molar-refractivity contribution in [1.29, 1.82) is 0 Å². The Balaban J connectivity index is 2.96. The van der Waals surface area contributed by atoms with Crippen molar-refractivity contribution in [3.05, 3.63) is 27.6 Å². The van der Waals surface area contributed by atoms with E-state index >= 15 is 0 Å². The lowest BCUT2D eigenvalue weighted by molar-refractivity contribution is 0.537. The van der Waals surface area contributed by atoms with Crippen molar-refractivity contribution in [1.82, 2.24) is 0 Å². The predicted octanol–water partition coefficient (Wildman–Crippen LogP) is 3.64.